The number of aryl methyl sites for hydroxylation is 2. The molecule has 0 aliphatic heterocycles. The average Bonchev–Trinajstić information content (AvgIpc) is 2.69. The number of fused-ring (bicyclic) bond motifs is 1. The molecule has 1 atom stereocenters. The maximum absolute atomic E-state index is 3.71. The van der Waals surface area contributed by atoms with Gasteiger partial charge < -0.3 is 5.32 Å². The molecule has 4 heteroatoms. The lowest BCUT2D eigenvalue weighted by atomic mass is 9.94. The van der Waals surface area contributed by atoms with E-state index in [1.54, 1.807) is 4.88 Å². The largest absolute Gasteiger partial charge is 0.378 e. The van der Waals surface area contributed by atoms with Crippen molar-refractivity contribution in [2.24, 2.45) is 0 Å². The van der Waals surface area contributed by atoms with Crippen LogP contribution in [0.4, 0.5) is 5.69 Å². The van der Waals surface area contributed by atoms with Crippen LogP contribution < -0.4 is 5.32 Å². The van der Waals surface area contributed by atoms with Gasteiger partial charge in [0, 0.05) is 15.0 Å². The molecule has 1 aliphatic carbocycles. The lowest BCUT2D eigenvalue weighted by Crippen LogP contribution is -2.15. The minimum Gasteiger partial charge on any atom is -0.378 e. The third-order valence-electron chi connectivity index (χ3n) is 3.47. The molecule has 100 valence electrons. The van der Waals surface area contributed by atoms with E-state index in [0.29, 0.717) is 6.04 Å². The molecular weight excluding hydrogens is 433 g/mol. The monoisotopic (exact) mass is 447 g/mol. The first-order valence-electron chi connectivity index (χ1n) is 6.43. The van der Waals surface area contributed by atoms with Crippen LogP contribution in [0, 0.1) is 9.81 Å². The molecular formula is C15H15BrINS. The molecule has 0 saturated carbocycles. The van der Waals surface area contributed by atoms with Crippen molar-refractivity contribution in [2.75, 3.05) is 5.32 Å². The second-order valence-corrected chi connectivity index (χ2v) is 8.98. The second-order valence-electron chi connectivity index (χ2n) is 5.04. The SMILES string of the molecule is Cc1cc(Br)cc(NC2CCCc3sc(I)cc32)c1. The first kappa shape index (κ1) is 13.9. The van der Waals surface area contributed by atoms with Gasteiger partial charge in [-0.1, -0.05) is 15.9 Å². The summed E-state index contributed by atoms with van der Waals surface area (Å²) in [6, 6.07) is 9.35. The highest BCUT2D eigenvalue weighted by Crippen LogP contribution is 2.38. The van der Waals surface area contributed by atoms with Gasteiger partial charge in [0.05, 0.1) is 8.93 Å². The van der Waals surface area contributed by atoms with Gasteiger partial charge in [-0.3, -0.25) is 0 Å². The molecule has 1 aromatic carbocycles. The predicted molar refractivity (Wildman–Crippen MR) is 95.2 cm³/mol. The van der Waals surface area contributed by atoms with Gasteiger partial charge in [-0.15, -0.1) is 11.3 Å². The van der Waals surface area contributed by atoms with Gasteiger partial charge in [-0.05, 0) is 84.2 Å². The van der Waals surface area contributed by atoms with Crippen LogP contribution in [0.15, 0.2) is 28.7 Å². The van der Waals surface area contributed by atoms with E-state index in [4.69, 9.17) is 0 Å². The highest BCUT2D eigenvalue weighted by atomic mass is 127. The number of rotatable bonds is 2. The third-order valence-corrected chi connectivity index (χ3v) is 5.90. The Morgan fingerprint density at radius 2 is 2.16 bits per heavy atom. The molecule has 0 bridgehead atoms. The van der Waals surface area contributed by atoms with Crippen molar-refractivity contribution in [2.45, 2.75) is 32.2 Å². The quantitative estimate of drug-likeness (QED) is 0.564. The molecule has 2 aromatic rings. The summed E-state index contributed by atoms with van der Waals surface area (Å²) < 4.78 is 2.55. The zero-order chi connectivity index (χ0) is 13.4. The molecule has 0 fully saturated rings. The Labute approximate surface area is 140 Å². The Kier molecular flexibility index (Phi) is 4.19. The zero-order valence-electron chi connectivity index (χ0n) is 10.7. The van der Waals surface area contributed by atoms with E-state index in [-0.39, 0.29) is 0 Å². The van der Waals surface area contributed by atoms with E-state index in [1.807, 2.05) is 11.3 Å². The molecule has 0 saturated heterocycles. The lowest BCUT2D eigenvalue weighted by Gasteiger charge is -2.25. The van der Waals surface area contributed by atoms with Crippen molar-refractivity contribution >= 4 is 55.5 Å². The smallest absolute Gasteiger partial charge is 0.0660 e. The summed E-state index contributed by atoms with van der Waals surface area (Å²) in [4.78, 5) is 1.57. The second kappa shape index (κ2) is 5.74. The Balaban J connectivity index is 1.88. The molecule has 1 N–H and O–H groups in total. The molecule has 19 heavy (non-hydrogen) atoms. The molecule has 0 spiro atoms. The van der Waals surface area contributed by atoms with Crippen LogP contribution in [-0.4, -0.2) is 0 Å². The highest BCUT2D eigenvalue weighted by Gasteiger charge is 2.22. The molecule has 0 amide bonds. The Morgan fingerprint density at radius 1 is 1.32 bits per heavy atom. The van der Waals surface area contributed by atoms with Crippen LogP contribution in [0.5, 0.6) is 0 Å². The summed E-state index contributed by atoms with van der Waals surface area (Å²) in [6.07, 6.45) is 3.76. The van der Waals surface area contributed by atoms with Crippen molar-refractivity contribution in [1.82, 2.24) is 0 Å². The van der Waals surface area contributed by atoms with Gasteiger partial charge in [0.1, 0.15) is 0 Å². The molecule has 1 heterocycles. The Morgan fingerprint density at radius 3 is 2.95 bits per heavy atom. The van der Waals surface area contributed by atoms with Crippen LogP contribution in [0.1, 0.15) is 34.9 Å². The first-order chi connectivity index (χ1) is 9.11. The maximum atomic E-state index is 3.71. The summed E-state index contributed by atoms with van der Waals surface area (Å²) in [5, 5.41) is 3.71. The molecule has 0 radical (unpaired) electrons. The molecule has 1 aliphatic rings. The minimum absolute atomic E-state index is 0.470. The van der Waals surface area contributed by atoms with Gasteiger partial charge in [-0.25, -0.2) is 0 Å². The maximum Gasteiger partial charge on any atom is 0.0660 e. The Bertz CT molecular complexity index is 588. The number of halogens is 2. The van der Waals surface area contributed by atoms with E-state index >= 15 is 0 Å². The first-order valence-corrected chi connectivity index (χ1v) is 9.12. The zero-order valence-corrected chi connectivity index (χ0v) is 15.2. The number of hydrogen-bond acceptors (Lipinski definition) is 2. The summed E-state index contributed by atoms with van der Waals surface area (Å²) in [5.74, 6) is 0. The average molecular weight is 448 g/mol. The van der Waals surface area contributed by atoms with Gasteiger partial charge >= 0.3 is 0 Å². The van der Waals surface area contributed by atoms with Crippen molar-refractivity contribution in [3.05, 3.63) is 47.6 Å². The Hall–Kier alpha value is -0.0700. The van der Waals surface area contributed by atoms with Crippen molar-refractivity contribution < 1.29 is 0 Å². The summed E-state index contributed by atoms with van der Waals surface area (Å²) in [5.41, 5.74) is 4.01. The number of hydrogen-bond donors (Lipinski definition) is 1. The van der Waals surface area contributed by atoms with Crippen molar-refractivity contribution in [1.29, 1.82) is 0 Å². The minimum atomic E-state index is 0.470. The van der Waals surface area contributed by atoms with Crippen LogP contribution >= 0.6 is 49.9 Å². The van der Waals surface area contributed by atoms with Crippen molar-refractivity contribution in [3.63, 3.8) is 0 Å². The van der Waals surface area contributed by atoms with Crippen LogP contribution in [0.25, 0.3) is 0 Å². The lowest BCUT2D eigenvalue weighted by molar-refractivity contribution is 0.608. The van der Waals surface area contributed by atoms with Gasteiger partial charge in [-0.2, -0.15) is 0 Å². The number of anilines is 1. The summed E-state index contributed by atoms with van der Waals surface area (Å²) >= 11 is 7.96. The van der Waals surface area contributed by atoms with E-state index in [1.165, 1.54) is 39.0 Å². The van der Waals surface area contributed by atoms with Crippen LogP contribution in [-0.2, 0) is 6.42 Å². The fourth-order valence-electron chi connectivity index (χ4n) is 2.69. The van der Waals surface area contributed by atoms with E-state index in [2.05, 4.69) is 75.0 Å². The summed E-state index contributed by atoms with van der Waals surface area (Å²) in [7, 11) is 0. The van der Waals surface area contributed by atoms with Crippen LogP contribution in [0.3, 0.4) is 0 Å². The van der Waals surface area contributed by atoms with E-state index in [9.17, 15) is 0 Å². The topological polar surface area (TPSA) is 12.0 Å². The van der Waals surface area contributed by atoms with Gasteiger partial charge in [0.2, 0.25) is 0 Å². The van der Waals surface area contributed by atoms with Crippen LogP contribution in [0.2, 0.25) is 0 Å². The fraction of sp³-hybridized carbons (Fsp3) is 0.333. The fourth-order valence-corrected chi connectivity index (χ4v) is 5.42. The van der Waals surface area contributed by atoms with Crippen molar-refractivity contribution in [3.8, 4) is 0 Å². The standard InChI is InChI=1S/C15H15BrINS/c1-9-5-10(16)7-11(6-9)18-13-3-2-4-14-12(13)8-15(17)19-14/h5-8,13,18H,2-4H2,1H3. The third kappa shape index (κ3) is 3.16. The number of nitrogens with one attached hydrogen (secondary N) is 1. The molecule has 1 nitrogen and oxygen atoms in total. The molecule has 1 unspecified atom stereocenters. The summed E-state index contributed by atoms with van der Waals surface area (Å²) in [6.45, 7) is 2.13. The number of thiophene rings is 1. The van der Waals surface area contributed by atoms with E-state index in [0.717, 1.165) is 4.47 Å². The van der Waals surface area contributed by atoms with Gasteiger partial charge in [0.25, 0.3) is 0 Å². The predicted octanol–water partition coefficient (Wildman–Crippen LogP) is 5.91. The molecule has 1 aromatic heterocycles. The van der Waals surface area contributed by atoms with Gasteiger partial charge in [0.15, 0.2) is 0 Å². The normalized spacial score (nSPS) is 18.2. The van der Waals surface area contributed by atoms with E-state index < -0.39 is 0 Å². The molecule has 3 rings (SSSR count). The number of benzene rings is 1. The highest BCUT2D eigenvalue weighted by molar-refractivity contribution is 14.1.